The zero-order valence-corrected chi connectivity index (χ0v) is 13.9. The van der Waals surface area contributed by atoms with Crippen molar-refractivity contribution < 1.29 is 18.7 Å². The normalized spacial score (nSPS) is 13.6. The molecule has 0 bridgehead atoms. The highest BCUT2D eigenvalue weighted by atomic mass is 16.5. The highest BCUT2D eigenvalue weighted by Crippen LogP contribution is 2.31. The minimum absolute atomic E-state index is 0.258. The monoisotopic (exact) mass is 338 g/mol. The minimum Gasteiger partial charge on any atom is -0.484 e. The fourth-order valence-electron chi connectivity index (χ4n) is 3.09. The Balaban J connectivity index is 1.51. The first kappa shape index (κ1) is 15.5. The average molecular weight is 338 g/mol. The molecule has 4 rings (SSSR count). The van der Waals surface area contributed by atoms with Crippen LogP contribution >= 0.6 is 0 Å². The van der Waals surface area contributed by atoms with E-state index >= 15 is 0 Å². The van der Waals surface area contributed by atoms with Crippen LogP contribution in [0.5, 0.6) is 5.75 Å². The molecule has 1 aliphatic rings. The Morgan fingerprint density at radius 1 is 1.28 bits per heavy atom. The molecular formula is C19H18N2O4. The Bertz CT molecular complexity index is 886. The molecule has 0 spiro atoms. The van der Waals surface area contributed by atoms with E-state index in [1.54, 1.807) is 4.90 Å². The van der Waals surface area contributed by atoms with Crippen LogP contribution in [0.15, 0.2) is 46.9 Å². The molecule has 6 heteroatoms. The second-order valence-corrected chi connectivity index (χ2v) is 5.88. The molecule has 0 aliphatic carbocycles. The minimum atomic E-state index is -0.332. The predicted molar refractivity (Wildman–Crippen MR) is 92.9 cm³/mol. The number of aryl methyl sites for hydroxylation is 1. The second kappa shape index (κ2) is 6.47. The zero-order chi connectivity index (χ0) is 17.2. The topological polar surface area (TPSA) is 64.8 Å². The standard InChI is InChI=1S/C19H18N2O4/c1-23-19(22)21-10-4-5-13-11-14(8-9-16(13)21)24-12-18-20-15-6-2-3-7-17(15)25-18/h2-3,6-9,11H,4-5,10,12H2,1H3. The predicted octanol–water partition coefficient (Wildman–Crippen LogP) is 3.93. The van der Waals surface area contributed by atoms with E-state index in [4.69, 9.17) is 13.9 Å². The number of aromatic nitrogens is 1. The van der Waals surface area contributed by atoms with Gasteiger partial charge in [-0.3, -0.25) is 4.90 Å². The van der Waals surface area contributed by atoms with Crippen LogP contribution in [0.1, 0.15) is 17.9 Å². The van der Waals surface area contributed by atoms with Gasteiger partial charge in [0.2, 0.25) is 5.89 Å². The third kappa shape index (κ3) is 3.03. The molecule has 2 heterocycles. The Hall–Kier alpha value is -3.02. The Kier molecular flexibility index (Phi) is 4.01. The first-order chi connectivity index (χ1) is 12.2. The number of fused-ring (bicyclic) bond motifs is 2. The van der Waals surface area contributed by atoms with E-state index in [9.17, 15) is 4.79 Å². The van der Waals surface area contributed by atoms with Crippen molar-refractivity contribution in [1.82, 2.24) is 4.98 Å². The summed E-state index contributed by atoms with van der Waals surface area (Å²) in [5.41, 5.74) is 3.53. The Labute approximate surface area is 145 Å². The van der Waals surface area contributed by atoms with Gasteiger partial charge < -0.3 is 13.9 Å². The maximum absolute atomic E-state index is 11.9. The van der Waals surface area contributed by atoms with Gasteiger partial charge in [0.25, 0.3) is 0 Å². The molecular weight excluding hydrogens is 320 g/mol. The SMILES string of the molecule is COC(=O)N1CCCc2cc(OCc3nc4ccccc4o3)ccc21. The van der Waals surface area contributed by atoms with Crippen molar-refractivity contribution in [2.75, 3.05) is 18.6 Å². The van der Waals surface area contributed by atoms with Crippen molar-refractivity contribution in [3.05, 3.63) is 53.9 Å². The number of amides is 1. The van der Waals surface area contributed by atoms with Crippen molar-refractivity contribution in [3.8, 4) is 5.75 Å². The molecule has 0 radical (unpaired) electrons. The van der Waals surface area contributed by atoms with Gasteiger partial charge in [0.15, 0.2) is 12.2 Å². The molecule has 3 aromatic rings. The largest absolute Gasteiger partial charge is 0.484 e. The summed E-state index contributed by atoms with van der Waals surface area (Å²) < 4.78 is 16.3. The summed E-state index contributed by atoms with van der Waals surface area (Å²) in [6.45, 7) is 0.928. The zero-order valence-electron chi connectivity index (χ0n) is 13.9. The number of ether oxygens (including phenoxy) is 2. The summed E-state index contributed by atoms with van der Waals surface area (Å²) in [5.74, 6) is 1.27. The van der Waals surface area contributed by atoms with Gasteiger partial charge in [-0.25, -0.2) is 9.78 Å². The molecule has 6 nitrogen and oxygen atoms in total. The van der Waals surface area contributed by atoms with Crippen LogP contribution in [0.4, 0.5) is 10.5 Å². The lowest BCUT2D eigenvalue weighted by Crippen LogP contribution is -2.35. The van der Waals surface area contributed by atoms with E-state index in [0.29, 0.717) is 12.4 Å². The Morgan fingerprint density at radius 3 is 3.00 bits per heavy atom. The Morgan fingerprint density at radius 2 is 2.16 bits per heavy atom. The molecule has 0 saturated carbocycles. The summed E-state index contributed by atoms with van der Waals surface area (Å²) in [7, 11) is 1.40. The summed E-state index contributed by atoms with van der Waals surface area (Å²) in [5, 5.41) is 0. The van der Waals surface area contributed by atoms with E-state index in [1.165, 1.54) is 7.11 Å². The van der Waals surface area contributed by atoms with E-state index in [1.807, 2.05) is 42.5 Å². The van der Waals surface area contributed by atoms with Gasteiger partial charge in [-0.1, -0.05) is 12.1 Å². The van der Waals surface area contributed by atoms with E-state index in [0.717, 1.165) is 40.9 Å². The quantitative estimate of drug-likeness (QED) is 0.724. The van der Waals surface area contributed by atoms with Gasteiger partial charge in [-0.05, 0) is 48.7 Å². The summed E-state index contributed by atoms with van der Waals surface area (Å²) >= 11 is 0. The molecule has 0 N–H and O–H groups in total. The van der Waals surface area contributed by atoms with Gasteiger partial charge in [0.1, 0.15) is 11.3 Å². The highest BCUT2D eigenvalue weighted by Gasteiger charge is 2.23. The number of anilines is 1. The van der Waals surface area contributed by atoms with Crippen LogP contribution in [0.25, 0.3) is 11.1 Å². The molecule has 0 saturated heterocycles. The molecule has 1 aromatic heterocycles. The third-order valence-electron chi connectivity index (χ3n) is 4.27. The van der Waals surface area contributed by atoms with Crippen LogP contribution in [-0.2, 0) is 17.8 Å². The van der Waals surface area contributed by atoms with Crippen molar-refractivity contribution in [2.24, 2.45) is 0 Å². The van der Waals surface area contributed by atoms with Crippen molar-refractivity contribution >= 4 is 22.9 Å². The lowest BCUT2D eigenvalue weighted by Gasteiger charge is -2.28. The van der Waals surface area contributed by atoms with E-state index < -0.39 is 0 Å². The number of hydrogen-bond donors (Lipinski definition) is 0. The fraction of sp³-hybridized carbons (Fsp3) is 0.263. The van der Waals surface area contributed by atoms with Crippen LogP contribution in [0, 0.1) is 0 Å². The lowest BCUT2D eigenvalue weighted by molar-refractivity contribution is 0.178. The number of para-hydroxylation sites is 2. The van der Waals surface area contributed by atoms with Gasteiger partial charge in [0.05, 0.1) is 12.8 Å². The van der Waals surface area contributed by atoms with Crippen molar-refractivity contribution in [1.29, 1.82) is 0 Å². The van der Waals surface area contributed by atoms with Gasteiger partial charge in [0, 0.05) is 6.54 Å². The lowest BCUT2D eigenvalue weighted by atomic mass is 10.0. The van der Waals surface area contributed by atoms with Crippen LogP contribution in [0.2, 0.25) is 0 Å². The molecule has 0 atom stereocenters. The molecule has 0 fully saturated rings. The number of rotatable bonds is 3. The molecule has 1 aliphatic heterocycles. The summed E-state index contributed by atoms with van der Waals surface area (Å²) in [6, 6.07) is 13.3. The fourth-order valence-corrected chi connectivity index (χ4v) is 3.09. The summed E-state index contributed by atoms with van der Waals surface area (Å²) in [6.07, 6.45) is 1.47. The molecule has 1 amide bonds. The molecule has 128 valence electrons. The van der Waals surface area contributed by atoms with Crippen LogP contribution < -0.4 is 9.64 Å². The number of methoxy groups -OCH3 is 1. The number of nitrogens with zero attached hydrogens (tertiary/aromatic N) is 2. The summed E-state index contributed by atoms with van der Waals surface area (Å²) in [4.78, 5) is 17.9. The maximum atomic E-state index is 11.9. The number of carbonyl (C=O) groups is 1. The molecule has 2 aromatic carbocycles. The molecule has 0 unspecified atom stereocenters. The number of oxazole rings is 1. The van der Waals surface area contributed by atoms with Gasteiger partial charge in [-0.15, -0.1) is 0 Å². The van der Waals surface area contributed by atoms with Gasteiger partial charge >= 0.3 is 6.09 Å². The number of carbonyl (C=O) groups excluding carboxylic acids is 1. The van der Waals surface area contributed by atoms with Crippen LogP contribution in [0.3, 0.4) is 0 Å². The smallest absolute Gasteiger partial charge is 0.414 e. The second-order valence-electron chi connectivity index (χ2n) is 5.88. The van der Waals surface area contributed by atoms with Crippen molar-refractivity contribution in [2.45, 2.75) is 19.4 Å². The highest BCUT2D eigenvalue weighted by molar-refractivity contribution is 5.89. The van der Waals surface area contributed by atoms with Gasteiger partial charge in [-0.2, -0.15) is 0 Å². The first-order valence-electron chi connectivity index (χ1n) is 8.20. The maximum Gasteiger partial charge on any atom is 0.414 e. The number of hydrogen-bond acceptors (Lipinski definition) is 5. The van der Waals surface area contributed by atoms with Crippen LogP contribution in [-0.4, -0.2) is 24.7 Å². The van der Waals surface area contributed by atoms with E-state index in [2.05, 4.69) is 4.98 Å². The average Bonchev–Trinajstić information content (AvgIpc) is 3.08. The third-order valence-corrected chi connectivity index (χ3v) is 4.27. The molecule has 25 heavy (non-hydrogen) atoms. The number of benzene rings is 2. The first-order valence-corrected chi connectivity index (χ1v) is 8.20. The van der Waals surface area contributed by atoms with Crippen molar-refractivity contribution in [3.63, 3.8) is 0 Å². The van der Waals surface area contributed by atoms with E-state index in [-0.39, 0.29) is 12.7 Å².